The zero-order valence-electron chi connectivity index (χ0n) is 17.7. The van der Waals surface area contributed by atoms with Crippen LogP contribution in [0.2, 0.25) is 0 Å². The highest BCUT2D eigenvalue weighted by Gasteiger charge is 2.45. The van der Waals surface area contributed by atoms with Crippen LogP contribution in [0.15, 0.2) is 64.7 Å². The molecule has 0 radical (unpaired) electrons. The fourth-order valence-electron chi connectivity index (χ4n) is 4.38. The molecule has 3 N–H and O–H groups in total. The van der Waals surface area contributed by atoms with E-state index in [1.165, 1.54) is 0 Å². The summed E-state index contributed by atoms with van der Waals surface area (Å²) in [5.41, 5.74) is 3.17. The molecular formula is C24H25N4O3+. The average molecular weight is 417 g/mol. The van der Waals surface area contributed by atoms with E-state index in [0.717, 1.165) is 22.5 Å². The molecule has 2 heterocycles. The van der Waals surface area contributed by atoms with E-state index in [4.69, 9.17) is 9.15 Å². The van der Waals surface area contributed by atoms with E-state index in [9.17, 15) is 4.79 Å². The van der Waals surface area contributed by atoms with Crippen LogP contribution in [0.4, 0.5) is 6.01 Å². The molecule has 0 fully saturated rings. The van der Waals surface area contributed by atoms with Crippen molar-refractivity contribution in [3.63, 3.8) is 0 Å². The van der Waals surface area contributed by atoms with Crippen molar-refractivity contribution in [1.29, 1.82) is 0 Å². The molecule has 1 aliphatic carbocycles. The lowest BCUT2D eigenvalue weighted by molar-refractivity contribution is -0.522. The molecule has 0 unspecified atom stereocenters. The van der Waals surface area contributed by atoms with Gasteiger partial charge in [0.05, 0.1) is 12.8 Å². The van der Waals surface area contributed by atoms with Crippen LogP contribution in [0.25, 0.3) is 11.1 Å². The van der Waals surface area contributed by atoms with Crippen LogP contribution < -0.4 is 20.4 Å². The molecule has 5 rings (SSSR count). The van der Waals surface area contributed by atoms with Crippen LogP contribution in [0, 0.1) is 11.3 Å². The third-order valence-electron chi connectivity index (χ3n) is 5.76. The SMILES string of the molecule is COc1ccc([C@H]2[NH+]=C(Nc3nc4ccccc4o3)NC3=CC(C)(C)CC(=O)[C@@H]32)cc1. The summed E-state index contributed by atoms with van der Waals surface area (Å²) in [7, 11) is 1.64. The first-order valence-electron chi connectivity index (χ1n) is 10.3. The highest BCUT2D eigenvalue weighted by atomic mass is 16.5. The number of oxazole rings is 1. The number of para-hydroxylation sites is 2. The minimum Gasteiger partial charge on any atom is -0.497 e. The Bertz CT molecular complexity index is 1170. The van der Waals surface area contributed by atoms with Crippen LogP contribution in [-0.2, 0) is 4.79 Å². The van der Waals surface area contributed by atoms with E-state index in [1.54, 1.807) is 7.11 Å². The van der Waals surface area contributed by atoms with Crippen LogP contribution in [0.5, 0.6) is 5.75 Å². The number of anilines is 1. The Labute approximate surface area is 180 Å². The standard InChI is InChI=1S/C24H24N4O3/c1-24(2)12-17-20(18(29)13-24)21(14-8-10-15(30-3)11-9-14)27-22(25-17)28-23-26-16-6-4-5-7-19(16)31-23/h4-12,20-21H,13H2,1-3H3,(H2,25,26,27,28)/p+1/t20-,21-/m1/s1. The third-order valence-corrected chi connectivity index (χ3v) is 5.76. The van der Waals surface area contributed by atoms with E-state index >= 15 is 0 Å². The number of nitrogens with zero attached hydrogens (tertiary/aromatic N) is 1. The van der Waals surface area contributed by atoms with Crippen molar-refractivity contribution >= 4 is 28.9 Å². The van der Waals surface area contributed by atoms with Crippen LogP contribution >= 0.6 is 0 Å². The molecule has 3 aromatic rings. The molecule has 7 heteroatoms. The summed E-state index contributed by atoms with van der Waals surface area (Å²) >= 11 is 0. The number of nitrogens with one attached hydrogen (secondary N) is 3. The van der Waals surface area contributed by atoms with Gasteiger partial charge in [-0.2, -0.15) is 10.3 Å². The van der Waals surface area contributed by atoms with Gasteiger partial charge < -0.3 is 9.15 Å². The Balaban J connectivity index is 1.54. The molecule has 2 aliphatic rings. The van der Waals surface area contributed by atoms with Crippen LogP contribution in [-0.4, -0.2) is 23.8 Å². The number of aromatic nitrogens is 1. The maximum Gasteiger partial charge on any atom is 0.365 e. The number of carbonyl (C=O) groups is 1. The molecule has 1 aliphatic heterocycles. The van der Waals surface area contributed by atoms with Gasteiger partial charge >= 0.3 is 12.0 Å². The number of allylic oxidation sites excluding steroid dienone is 1. The van der Waals surface area contributed by atoms with Gasteiger partial charge in [-0.3, -0.25) is 9.79 Å². The molecule has 31 heavy (non-hydrogen) atoms. The summed E-state index contributed by atoms with van der Waals surface area (Å²) in [6, 6.07) is 15.6. The minimum atomic E-state index is -0.296. The highest BCUT2D eigenvalue weighted by Crippen LogP contribution is 2.38. The smallest absolute Gasteiger partial charge is 0.365 e. The van der Waals surface area contributed by atoms with Crippen molar-refractivity contribution in [2.45, 2.75) is 26.3 Å². The molecule has 1 aromatic heterocycles. The van der Waals surface area contributed by atoms with Gasteiger partial charge in [-0.25, -0.2) is 5.32 Å². The second-order valence-corrected chi connectivity index (χ2v) is 8.72. The van der Waals surface area contributed by atoms with E-state index in [0.29, 0.717) is 24.0 Å². The molecular weight excluding hydrogens is 392 g/mol. The summed E-state index contributed by atoms with van der Waals surface area (Å²) in [4.78, 5) is 21.1. The first kappa shape index (κ1) is 19.4. The second kappa shape index (κ2) is 7.27. The van der Waals surface area contributed by atoms with Gasteiger partial charge in [-0.05, 0) is 41.3 Å². The summed E-state index contributed by atoms with van der Waals surface area (Å²) in [6.07, 6.45) is 2.66. The van der Waals surface area contributed by atoms with E-state index in [-0.39, 0.29) is 23.2 Å². The molecule has 0 saturated carbocycles. The molecule has 0 spiro atoms. The predicted octanol–water partition coefficient (Wildman–Crippen LogP) is 2.53. The number of ketones is 1. The van der Waals surface area contributed by atoms with Crippen molar-refractivity contribution in [3.8, 4) is 5.75 Å². The van der Waals surface area contributed by atoms with Gasteiger partial charge in [-0.15, -0.1) is 0 Å². The lowest BCUT2D eigenvalue weighted by Crippen LogP contribution is -2.84. The molecule has 2 aromatic carbocycles. The lowest BCUT2D eigenvalue weighted by atomic mass is 9.72. The Kier molecular flexibility index (Phi) is 4.54. The number of Topliss-reactive ketones (excluding diaryl/α,β-unsaturated/α-hetero) is 1. The van der Waals surface area contributed by atoms with Gasteiger partial charge in [0, 0.05) is 6.42 Å². The Hall–Kier alpha value is -3.61. The van der Waals surface area contributed by atoms with E-state index in [1.807, 2.05) is 48.5 Å². The first-order valence-corrected chi connectivity index (χ1v) is 10.3. The summed E-state index contributed by atoms with van der Waals surface area (Å²) in [6.45, 7) is 4.16. The Morgan fingerprint density at radius 2 is 1.97 bits per heavy atom. The molecule has 0 amide bonds. The van der Waals surface area contributed by atoms with Crippen LogP contribution in [0.3, 0.4) is 0 Å². The van der Waals surface area contributed by atoms with Gasteiger partial charge in [0.1, 0.15) is 29.0 Å². The number of methoxy groups -OCH3 is 1. The maximum atomic E-state index is 13.1. The molecule has 2 atom stereocenters. The van der Waals surface area contributed by atoms with Gasteiger partial charge in [0.15, 0.2) is 5.58 Å². The average Bonchev–Trinajstić information content (AvgIpc) is 3.14. The van der Waals surface area contributed by atoms with Crippen molar-refractivity contribution < 1.29 is 18.9 Å². The van der Waals surface area contributed by atoms with E-state index < -0.39 is 0 Å². The van der Waals surface area contributed by atoms with E-state index in [2.05, 4.69) is 40.5 Å². The van der Waals surface area contributed by atoms with Crippen molar-refractivity contribution in [2.24, 2.45) is 11.3 Å². The topological polar surface area (TPSA) is 90.4 Å². The molecule has 7 nitrogen and oxygen atoms in total. The zero-order chi connectivity index (χ0) is 21.6. The summed E-state index contributed by atoms with van der Waals surface area (Å²) < 4.78 is 11.1. The Morgan fingerprint density at radius 3 is 2.71 bits per heavy atom. The predicted molar refractivity (Wildman–Crippen MR) is 117 cm³/mol. The fraction of sp³-hybridized carbons (Fsp3) is 0.292. The number of benzene rings is 2. The van der Waals surface area contributed by atoms with Crippen molar-refractivity contribution in [2.75, 3.05) is 12.4 Å². The van der Waals surface area contributed by atoms with Crippen LogP contribution in [0.1, 0.15) is 31.9 Å². The van der Waals surface area contributed by atoms with Gasteiger partial charge in [0.25, 0.3) is 0 Å². The number of hydrogen-bond acceptors (Lipinski definition) is 6. The molecule has 0 saturated heterocycles. The number of rotatable bonds is 3. The summed E-state index contributed by atoms with van der Waals surface area (Å²) in [5.74, 6) is 1.32. The van der Waals surface area contributed by atoms with Crippen molar-refractivity contribution in [1.82, 2.24) is 10.3 Å². The number of hydrogen-bond donors (Lipinski definition) is 3. The monoisotopic (exact) mass is 417 g/mol. The maximum absolute atomic E-state index is 13.1. The van der Waals surface area contributed by atoms with Gasteiger partial charge in [0.2, 0.25) is 0 Å². The molecule has 0 bridgehead atoms. The fourth-order valence-corrected chi connectivity index (χ4v) is 4.38. The largest absolute Gasteiger partial charge is 0.497 e. The quantitative estimate of drug-likeness (QED) is 0.607. The Morgan fingerprint density at radius 1 is 1.19 bits per heavy atom. The number of guanidine groups is 1. The van der Waals surface area contributed by atoms with Gasteiger partial charge in [-0.1, -0.05) is 38.1 Å². The number of ether oxygens (including phenoxy) is 1. The number of carbonyl (C=O) groups excluding carboxylic acids is 1. The third kappa shape index (κ3) is 3.67. The zero-order valence-corrected chi connectivity index (χ0v) is 17.7. The second-order valence-electron chi connectivity index (χ2n) is 8.72. The normalized spacial score (nSPS) is 22.2. The molecule has 158 valence electrons. The minimum absolute atomic E-state index is 0.208. The summed E-state index contributed by atoms with van der Waals surface area (Å²) in [5, 5.41) is 6.57. The number of fused-ring (bicyclic) bond motifs is 2. The lowest BCUT2D eigenvalue weighted by Gasteiger charge is -2.36. The van der Waals surface area contributed by atoms with Crippen molar-refractivity contribution in [3.05, 3.63) is 65.9 Å². The highest BCUT2D eigenvalue weighted by molar-refractivity contribution is 5.94. The first-order chi connectivity index (χ1) is 14.9.